The van der Waals surface area contributed by atoms with Crippen molar-refractivity contribution in [2.45, 2.75) is 0 Å². The highest BCUT2D eigenvalue weighted by molar-refractivity contribution is 5.87. The predicted octanol–water partition coefficient (Wildman–Crippen LogP) is 3.24. The van der Waals surface area contributed by atoms with Gasteiger partial charge in [-0.3, -0.25) is 10.1 Å². The second-order valence-corrected chi connectivity index (χ2v) is 4.93. The molecule has 0 fully saturated rings. The number of non-ortho nitro benzene ring substituents is 1. The van der Waals surface area contributed by atoms with Gasteiger partial charge in [0.15, 0.2) is 0 Å². The Kier molecular flexibility index (Phi) is 5.91. The molecule has 0 saturated heterocycles. The first-order chi connectivity index (χ1) is 12.4. The van der Waals surface area contributed by atoms with Crippen molar-refractivity contribution in [2.75, 3.05) is 0 Å². The van der Waals surface area contributed by atoms with Crippen LogP contribution in [-0.2, 0) is 0 Å². The van der Waals surface area contributed by atoms with Gasteiger partial charge in [-0.25, -0.2) is 4.79 Å². The van der Waals surface area contributed by atoms with E-state index in [2.05, 4.69) is 0 Å². The second kappa shape index (κ2) is 8.31. The standard InChI is InChI=1S/C10H8N2O2.C7H5NO4/c13-11-7-3-1-5-9(11)10-6-2-4-8-12(10)14;9-7(10)5-1-3-6(4-2-5)8(11)12/h1-8H;1-4H,(H,9,10). The van der Waals surface area contributed by atoms with Crippen LogP contribution in [0.15, 0.2) is 84.5 Å². The number of aromatic carboxylic acids is 1. The van der Waals surface area contributed by atoms with Gasteiger partial charge in [-0.05, 0) is 36.6 Å². The minimum atomic E-state index is -1.09. The van der Waals surface area contributed by atoms with Gasteiger partial charge in [0.05, 0.1) is 15.2 Å². The average molecular weight is 355 g/mol. The van der Waals surface area contributed by atoms with E-state index in [4.69, 9.17) is 5.11 Å². The van der Waals surface area contributed by atoms with Crippen molar-refractivity contribution >= 4 is 11.7 Å². The van der Waals surface area contributed by atoms with Crippen molar-refractivity contribution < 1.29 is 19.6 Å². The van der Waals surface area contributed by atoms with Crippen molar-refractivity contribution in [1.29, 1.82) is 0 Å². The molecule has 9 nitrogen and oxygen atoms in total. The molecule has 0 saturated carbocycles. The molecule has 2 aliphatic heterocycles. The number of hydrogen-bond acceptors (Lipinski definition) is 6. The number of nitroso groups, excluding NO2 is 1. The van der Waals surface area contributed by atoms with Crippen LogP contribution in [0.3, 0.4) is 0 Å². The lowest BCUT2D eigenvalue weighted by molar-refractivity contribution is -0.421. The van der Waals surface area contributed by atoms with Gasteiger partial charge in [0.25, 0.3) is 11.4 Å². The number of hydroxylamine groups is 2. The Morgan fingerprint density at radius 2 is 1.73 bits per heavy atom. The van der Waals surface area contributed by atoms with Gasteiger partial charge in [0.1, 0.15) is 5.70 Å². The summed E-state index contributed by atoms with van der Waals surface area (Å²) >= 11 is 0. The van der Waals surface area contributed by atoms with E-state index in [1.54, 1.807) is 36.5 Å². The van der Waals surface area contributed by atoms with Crippen LogP contribution in [0, 0.1) is 20.2 Å². The third-order valence-corrected chi connectivity index (χ3v) is 3.24. The van der Waals surface area contributed by atoms with E-state index in [-0.39, 0.29) is 11.3 Å². The lowest BCUT2D eigenvalue weighted by atomic mass is 10.2. The molecule has 0 aliphatic carbocycles. The van der Waals surface area contributed by atoms with E-state index in [0.717, 1.165) is 12.1 Å². The van der Waals surface area contributed by atoms with Crippen molar-refractivity contribution in [2.24, 2.45) is 0 Å². The predicted molar refractivity (Wildman–Crippen MR) is 92.5 cm³/mol. The smallest absolute Gasteiger partial charge is 0.335 e. The number of nitrogens with zero attached hydrogens (tertiary/aromatic N) is 3. The molecule has 0 radical (unpaired) electrons. The molecular formula is C17H13N3O6. The monoisotopic (exact) mass is 355 g/mol. The molecule has 26 heavy (non-hydrogen) atoms. The summed E-state index contributed by atoms with van der Waals surface area (Å²) in [6.07, 6.45) is 12.6. The first-order valence-electron chi connectivity index (χ1n) is 7.24. The largest absolute Gasteiger partial charge is 0.754 e. The molecule has 0 spiro atoms. The third-order valence-electron chi connectivity index (χ3n) is 3.24. The normalized spacial score (nSPS) is 17.7. The lowest BCUT2D eigenvalue weighted by Gasteiger charge is -2.28. The topological polar surface area (TPSA) is 127 Å². The Hall–Kier alpha value is -3.85. The fourth-order valence-electron chi connectivity index (χ4n) is 1.98. The number of carbonyl (C=O) groups is 1. The van der Waals surface area contributed by atoms with E-state index in [9.17, 15) is 25.0 Å². The minimum absolute atomic E-state index is 0.0422. The molecule has 1 aromatic carbocycles. The summed E-state index contributed by atoms with van der Waals surface area (Å²) in [6, 6.07) is 4.70. The molecule has 3 rings (SSSR count). The lowest BCUT2D eigenvalue weighted by Crippen LogP contribution is -2.15. The molecule has 0 aromatic heterocycles. The Bertz CT molecular complexity index is 845. The van der Waals surface area contributed by atoms with E-state index < -0.39 is 10.9 Å². The van der Waals surface area contributed by atoms with Crippen LogP contribution in [0.1, 0.15) is 10.4 Å². The molecule has 132 valence electrons. The summed E-state index contributed by atoms with van der Waals surface area (Å²) in [6.45, 7) is 0. The summed E-state index contributed by atoms with van der Waals surface area (Å²) < 4.78 is 0.670. The highest BCUT2D eigenvalue weighted by Crippen LogP contribution is 2.19. The molecular weight excluding hydrogens is 342 g/mol. The van der Waals surface area contributed by atoms with Crippen LogP contribution in [0.2, 0.25) is 0 Å². The SMILES string of the molecule is O=C(O)c1ccc([N+](=O)[O-])cc1.O=[N+]1C=CC=CC1=C1C=CC=CN1[O-]. The van der Waals surface area contributed by atoms with E-state index in [0.29, 0.717) is 21.2 Å². The molecule has 2 aliphatic rings. The van der Waals surface area contributed by atoms with Gasteiger partial charge >= 0.3 is 5.97 Å². The maximum absolute atomic E-state index is 11.3. The first kappa shape index (κ1) is 18.5. The molecule has 1 N–H and O–H groups in total. The molecule has 2 heterocycles. The van der Waals surface area contributed by atoms with Crippen LogP contribution in [0.5, 0.6) is 0 Å². The molecule has 0 atom stereocenters. The van der Waals surface area contributed by atoms with E-state index >= 15 is 0 Å². The van der Waals surface area contributed by atoms with E-state index in [1.165, 1.54) is 24.5 Å². The molecule has 0 bridgehead atoms. The Balaban J connectivity index is 0.000000190. The van der Waals surface area contributed by atoms with Crippen LogP contribution >= 0.6 is 0 Å². The molecule has 1 aromatic rings. The maximum Gasteiger partial charge on any atom is 0.335 e. The number of carboxylic acid groups (broad SMARTS) is 1. The summed E-state index contributed by atoms with van der Waals surface area (Å²) in [7, 11) is 0. The van der Waals surface area contributed by atoms with Gasteiger partial charge in [-0.15, -0.1) is 0 Å². The van der Waals surface area contributed by atoms with Crippen molar-refractivity contribution in [3.63, 3.8) is 0 Å². The summed E-state index contributed by atoms with van der Waals surface area (Å²) in [5.41, 5.74) is 0.631. The van der Waals surface area contributed by atoms with Gasteiger partial charge in [-0.1, -0.05) is 6.08 Å². The number of allylic oxidation sites excluding steroid dienone is 6. The second-order valence-electron chi connectivity index (χ2n) is 4.93. The number of nitro benzene ring substituents is 1. The van der Waals surface area contributed by atoms with Gasteiger partial charge in [-0.2, -0.15) is 0 Å². The number of rotatable bonds is 2. The average Bonchev–Trinajstić information content (AvgIpc) is 2.63. The molecule has 9 heteroatoms. The number of benzene rings is 1. The van der Waals surface area contributed by atoms with Gasteiger partial charge < -0.3 is 15.4 Å². The zero-order chi connectivity index (χ0) is 19.1. The van der Waals surface area contributed by atoms with Gasteiger partial charge in [0.2, 0.25) is 6.20 Å². The van der Waals surface area contributed by atoms with Crippen LogP contribution in [-0.4, -0.2) is 25.8 Å². The fourth-order valence-corrected chi connectivity index (χ4v) is 1.98. The van der Waals surface area contributed by atoms with Crippen molar-refractivity contribution in [3.8, 4) is 0 Å². The highest BCUT2D eigenvalue weighted by atomic mass is 16.6. The molecule has 0 unspecified atom stereocenters. The van der Waals surface area contributed by atoms with Crippen LogP contribution in [0.25, 0.3) is 0 Å². The van der Waals surface area contributed by atoms with Gasteiger partial charge in [0, 0.05) is 29.2 Å². The number of hydrogen-bond donors (Lipinski definition) is 1. The quantitative estimate of drug-likeness (QED) is 0.490. The van der Waals surface area contributed by atoms with Crippen LogP contribution in [0.4, 0.5) is 5.69 Å². The zero-order valence-electron chi connectivity index (χ0n) is 13.3. The van der Waals surface area contributed by atoms with Crippen molar-refractivity contribution in [1.82, 2.24) is 5.06 Å². The maximum atomic E-state index is 11.3. The Morgan fingerprint density at radius 1 is 1.08 bits per heavy atom. The number of carboxylic acids is 1. The Morgan fingerprint density at radius 3 is 2.27 bits per heavy atom. The van der Waals surface area contributed by atoms with E-state index in [1.807, 2.05) is 0 Å². The first-order valence-corrected chi connectivity index (χ1v) is 7.24. The zero-order valence-corrected chi connectivity index (χ0v) is 13.3. The summed E-state index contributed by atoms with van der Waals surface area (Å²) in [5.74, 6) is -1.09. The highest BCUT2D eigenvalue weighted by Gasteiger charge is 2.20. The Labute approximate surface area is 147 Å². The summed E-state index contributed by atoms with van der Waals surface area (Å²) in [5, 5.41) is 30.6. The van der Waals surface area contributed by atoms with Crippen LogP contribution < -0.4 is 0 Å². The number of nitro groups is 1. The van der Waals surface area contributed by atoms with Crippen molar-refractivity contribution in [3.05, 3.63) is 110 Å². The molecule has 0 amide bonds. The summed E-state index contributed by atoms with van der Waals surface area (Å²) in [4.78, 5) is 31.2. The fraction of sp³-hybridized carbons (Fsp3) is 0. The minimum Gasteiger partial charge on any atom is -0.754 e. The third kappa shape index (κ3) is 4.58.